The lowest BCUT2D eigenvalue weighted by Gasteiger charge is -2.48. The zero-order chi connectivity index (χ0) is 33.8. The molecule has 2 saturated heterocycles. The first kappa shape index (κ1) is 39.3. The lowest BCUT2D eigenvalue weighted by atomic mass is 10.5. The molecule has 0 saturated carbocycles. The van der Waals surface area contributed by atoms with Crippen molar-refractivity contribution in [1.29, 1.82) is 1.43 Å². The van der Waals surface area contributed by atoms with Gasteiger partial charge in [-0.15, -0.1) is 0 Å². The molecule has 0 aromatic rings. The van der Waals surface area contributed by atoms with Crippen LogP contribution in [0.2, 0.25) is 58.4 Å². The summed E-state index contributed by atoms with van der Waals surface area (Å²) in [4.78, 5) is 9.81. The van der Waals surface area contributed by atoms with E-state index in [0.717, 1.165) is 51.7 Å². The Hall–Kier alpha value is 0.846. The second-order valence-electron chi connectivity index (χ2n) is 14.0. The Labute approximate surface area is 276 Å². The fourth-order valence-corrected chi connectivity index (χ4v) is 31.1. The van der Waals surface area contributed by atoms with Crippen LogP contribution in [0.3, 0.4) is 0 Å². The van der Waals surface area contributed by atoms with Gasteiger partial charge in [0.1, 0.15) is 15.6 Å². The van der Waals surface area contributed by atoms with Gasteiger partial charge >= 0.3 is 43.0 Å². The van der Waals surface area contributed by atoms with Crippen LogP contribution in [0.4, 0.5) is 0 Å². The summed E-state index contributed by atoms with van der Waals surface area (Å²) in [5.74, 6) is 0. The molecule has 2 aliphatic heterocycles. The number of morpholine rings is 2. The third-order valence-corrected chi connectivity index (χ3v) is 28.3. The summed E-state index contributed by atoms with van der Waals surface area (Å²) in [5.41, 5.74) is 5.67. The molecule has 0 aromatic carbocycles. The van der Waals surface area contributed by atoms with Crippen molar-refractivity contribution in [3.05, 3.63) is 0 Å². The molecule has 2 heterocycles. The van der Waals surface area contributed by atoms with Crippen molar-refractivity contribution in [2.45, 2.75) is 64.8 Å². The van der Waals surface area contributed by atoms with E-state index in [0.29, 0.717) is 45.3 Å². The monoisotopic (exact) mass is 731 g/mol. The van der Waals surface area contributed by atoms with E-state index >= 15 is 0 Å². The van der Waals surface area contributed by atoms with Crippen molar-refractivity contribution >= 4 is 58.7 Å². The molecule has 4 N–H and O–H groups in total. The average Bonchev–Trinajstić information content (AvgIpc) is 2.91. The van der Waals surface area contributed by atoms with Crippen LogP contribution in [-0.2, 0) is 34.5 Å². The molecule has 0 spiro atoms. The minimum absolute atomic E-state index is 0.535. The van der Waals surface area contributed by atoms with Gasteiger partial charge in [-0.25, -0.2) is 0 Å². The first-order valence-corrected chi connectivity index (χ1v) is 32.1. The Morgan fingerprint density at radius 3 is 1.86 bits per heavy atom. The van der Waals surface area contributed by atoms with Crippen LogP contribution in [-0.4, -0.2) is 166 Å². The molecule has 3 unspecified atom stereocenters. The van der Waals surface area contributed by atoms with Gasteiger partial charge in [-0.05, 0) is 58.3 Å². The lowest BCUT2D eigenvalue weighted by molar-refractivity contribution is 0.0338. The molecule has 20 heteroatoms. The second-order valence-corrected chi connectivity index (χ2v) is 35.3. The van der Waals surface area contributed by atoms with Crippen molar-refractivity contribution in [3.63, 3.8) is 0 Å². The fraction of sp³-hybridized carbons (Fsp3) is 1.00. The number of nitrogens with one attached hydrogen (secondary N) is 1. The van der Waals surface area contributed by atoms with E-state index in [9.17, 15) is 0 Å². The van der Waals surface area contributed by atoms with Crippen LogP contribution in [0.5, 0.6) is 0 Å². The molecule has 13 nitrogen and oxygen atoms in total. The van der Waals surface area contributed by atoms with E-state index in [1.165, 1.54) is 0 Å². The molecule has 0 aliphatic carbocycles. The van der Waals surface area contributed by atoms with Crippen LogP contribution in [0.1, 0.15) is 6.42 Å². The Kier molecular flexibility index (Phi) is 16.1. The Bertz CT molecular complexity index is 868. The van der Waals surface area contributed by atoms with Crippen LogP contribution in [0, 0.1) is 0 Å². The van der Waals surface area contributed by atoms with Gasteiger partial charge in [0, 0.05) is 52.5 Å². The van der Waals surface area contributed by atoms with E-state index < -0.39 is 51.2 Å². The minimum atomic E-state index is -3.48. The van der Waals surface area contributed by atoms with Gasteiger partial charge in [-0.1, -0.05) is 13.1 Å². The summed E-state index contributed by atoms with van der Waals surface area (Å²) in [6.45, 7) is 24.5. The maximum absolute atomic E-state index is 7.69. The van der Waals surface area contributed by atoms with Crippen molar-refractivity contribution in [1.82, 2.24) is 15.1 Å². The maximum Gasteiger partial charge on any atom is 0.487 e. The summed E-state index contributed by atoms with van der Waals surface area (Å²) < 4.78 is 60.7. The summed E-state index contributed by atoms with van der Waals surface area (Å²) in [6, 6.07) is 0.722. The smallest absolute Gasteiger partial charge is 0.423 e. The van der Waals surface area contributed by atoms with E-state index in [1.807, 2.05) is 13.1 Å². The summed E-state index contributed by atoms with van der Waals surface area (Å²) in [7, 11) is -13.2. The van der Waals surface area contributed by atoms with Gasteiger partial charge in [-0.3, -0.25) is 9.80 Å². The van der Waals surface area contributed by atoms with Crippen LogP contribution < -0.4 is 11.1 Å². The van der Waals surface area contributed by atoms with Crippen molar-refractivity contribution in [2.24, 2.45) is 5.73 Å². The third-order valence-electron chi connectivity index (χ3n) is 7.03. The molecular weight excluding hydrogens is 668 g/mol. The predicted octanol–water partition coefficient (Wildman–Crippen LogP) is 0.211. The first-order valence-electron chi connectivity index (χ1n) is 16.5. The molecule has 0 bridgehead atoms. The molecule has 260 valence electrons. The minimum Gasteiger partial charge on any atom is -0.423 e. The molecule has 2 fully saturated rings. The number of nitrogens with zero attached hydrogens (tertiary/aromatic N) is 2. The molecule has 44 heavy (non-hydrogen) atoms. The highest BCUT2D eigenvalue weighted by molar-refractivity contribution is 7.14. The molecule has 2 rings (SSSR count). The van der Waals surface area contributed by atoms with Gasteiger partial charge in [0.05, 0.1) is 32.6 Å². The van der Waals surface area contributed by atoms with Gasteiger partial charge in [0.15, 0.2) is 1.43 Å². The van der Waals surface area contributed by atoms with Crippen molar-refractivity contribution in [3.8, 4) is 0 Å². The Morgan fingerprint density at radius 2 is 1.36 bits per heavy atom. The zero-order valence-corrected chi connectivity index (χ0v) is 35.3. The highest BCUT2D eigenvalue weighted by Crippen LogP contribution is 2.31. The molecule has 0 amide bonds. The summed E-state index contributed by atoms with van der Waals surface area (Å²) in [5, 5.41) is 3.37. The van der Waals surface area contributed by atoms with Crippen molar-refractivity contribution < 1.29 is 39.3 Å². The normalized spacial score (nSPS) is 22.6. The number of hydrogen-bond acceptors (Lipinski definition) is 13. The Balaban J connectivity index is 2.46. The zero-order valence-electron chi connectivity index (χ0n) is 30.3. The van der Waals surface area contributed by atoms with E-state index in [1.54, 1.807) is 7.11 Å². The molecular formula is C24H63BN4O9Si6. The molecule has 3 atom stereocenters. The summed E-state index contributed by atoms with van der Waals surface area (Å²) in [6.07, 6.45) is 2.08. The van der Waals surface area contributed by atoms with Gasteiger partial charge in [0.25, 0.3) is 0 Å². The molecule has 0 radical (unpaired) electrons. The van der Waals surface area contributed by atoms with Crippen LogP contribution in [0.15, 0.2) is 0 Å². The molecule has 0 aromatic heterocycles. The highest BCUT2D eigenvalue weighted by atomic mass is 28.5. The highest BCUT2D eigenvalue weighted by Gasteiger charge is 2.57. The second kappa shape index (κ2) is 18.0. The van der Waals surface area contributed by atoms with Gasteiger partial charge in [0.2, 0.25) is 0 Å². The van der Waals surface area contributed by atoms with Crippen LogP contribution >= 0.6 is 0 Å². The van der Waals surface area contributed by atoms with E-state index in [-0.39, 0.29) is 0 Å². The maximum atomic E-state index is 7.69. The fourth-order valence-electron chi connectivity index (χ4n) is 5.61. The quantitative estimate of drug-likeness (QED) is 0.104. The Morgan fingerprint density at radius 1 is 0.795 bits per heavy atom. The van der Waals surface area contributed by atoms with Crippen molar-refractivity contribution in [2.75, 3.05) is 91.7 Å². The summed E-state index contributed by atoms with van der Waals surface area (Å²) >= 11 is 0. The number of hydrogen-bond donors (Lipinski definition) is 3. The van der Waals surface area contributed by atoms with E-state index in [4.69, 9.17) is 46.4 Å². The predicted molar refractivity (Wildman–Crippen MR) is 190 cm³/mol. The SMILES string of the molecule is [2H]O[Si](C)(C)O[Si](C)(CCCNCCN)O[Si](C)(C)O[Si](CN1CCOCC1)(O[Si](B)(C)C)O[Si](C)(CN1CCOCC1)OC. The molecule has 2 aliphatic rings. The largest absolute Gasteiger partial charge is 0.487 e. The van der Waals surface area contributed by atoms with E-state index in [2.05, 4.69) is 61.8 Å². The number of ether oxygens (including phenoxy) is 2. The van der Waals surface area contributed by atoms with Gasteiger partial charge in [-0.2, -0.15) is 0 Å². The average molecular weight is 732 g/mol. The number of rotatable bonds is 22. The third kappa shape index (κ3) is 16.3. The van der Waals surface area contributed by atoms with Gasteiger partial charge < -0.3 is 50.3 Å². The standard InChI is InChI=1S/C24H63BN4O9Si6/c1-31-43(9,23-28-14-18-32-19-15-28)38-44(34-39(2,3)25,24-29-16-20-33-21-17-29)37-41(6,7)36-42(8,35-40(4,5)30)22-10-12-27-13-11-26/h27,30H,10-26H2,1-9H3/i30D. The number of nitrogens with two attached hydrogens (primary N) is 1. The van der Waals surface area contributed by atoms with Crippen LogP contribution in [0.25, 0.3) is 0 Å². The lowest BCUT2D eigenvalue weighted by Crippen LogP contribution is -2.71. The first-order chi connectivity index (χ1) is 20.9. The topological polar surface area (TPSA) is 139 Å².